The molecule has 1 fully saturated rings. The molecule has 2 atom stereocenters. The number of nitrogens with one attached hydrogen (secondary N) is 1. The highest BCUT2D eigenvalue weighted by molar-refractivity contribution is 5.47. The first kappa shape index (κ1) is 9.22. The van der Waals surface area contributed by atoms with Crippen LogP contribution in [0.15, 0.2) is 18.2 Å². The Morgan fingerprint density at radius 2 is 2.33 bits per heavy atom. The van der Waals surface area contributed by atoms with Crippen molar-refractivity contribution in [3.8, 4) is 5.75 Å². The summed E-state index contributed by atoms with van der Waals surface area (Å²) in [6.07, 6.45) is 2.49. The molecule has 2 heteroatoms. The molecule has 1 N–H and O–H groups in total. The highest BCUT2D eigenvalue weighted by Crippen LogP contribution is 2.50. The number of fused-ring (bicyclic) bond motifs is 5. The molecule has 0 amide bonds. The number of hydrogen-bond donors (Lipinski definition) is 1. The molecule has 3 rings (SSSR count). The predicted molar refractivity (Wildman–Crippen MR) is 60.3 cm³/mol. The van der Waals surface area contributed by atoms with Gasteiger partial charge in [0.15, 0.2) is 0 Å². The van der Waals surface area contributed by atoms with Crippen LogP contribution in [0.3, 0.4) is 0 Å². The van der Waals surface area contributed by atoms with E-state index in [1.807, 2.05) is 0 Å². The summed E-state index contributed by atoms with van der Waals surface area (Å²) in [4.78, 5) is 0. The van der Waals surface area contributed by atoms with Crippen LogP contribution < -0.4 is 10.1 Å². The van der Waals surface area contributed by atoms with Gasteiger partial charge < -0.3 is 10.1 Å². The lowest BCUT2D eigenvalue weighted by atomic mass is 9.79. The van der Waals surface area contributed by atoms with Crippen LogP contribution in [-0.2, 0) is 5.41 Å². The van der Waals surface area contributed by atoms with Gasteiger partial charge in [-0.25, -0.2) is 0 Å². The summed E-state index contributed by atoms with van der Waals surface area (Å²) >= 11 is 0. The van der Waals surface area contributed by atoms with E-state index in [1.54, 1.807) is 7.11 Å². The Kier molecular flexibility index (Phi) is 1.84. The Bertz CT molecular complexity index is 402. The van der Waals surface area contributed by atoms with Crippen LogP contribution in [0.4, 0.5) is 0 Å². The summed E-state index contributed by atoms with van der Waals surface area (Å²) in [5.41, 5.74) is 3.35. The minimum Gasteiger partial charge on any atom is -0.497 e. The van der Waals surface area contributed by atoms with Gasteiger partial charge in [-0.15, -0.1) is 0 Å². The van der Waals surface area contributed by atoms with Gasteiger partial charge in [-0.2, -0.15) is 0 Å². The standard InChI is InChI=1S/C13H17NO/c1-13-5-6-14-12(8-13)10-4-3-9(15-2)7-11(10)13/h3-4,7,12,14H,5-6,8H2,1-2H3. The van der Waals surface area contributed by atoms with Gasteiger partial charge in [-0.1, -0.05) is 13.0 Å². The maximum Gasteiger partial charge on any atom is 0.119 e. The van der Waals surface area contributed by atoms with Crippen molar-refractivity contribution in [2.45, 2.75) is 31.2 Å². The Morgan fingerprint density at radius 3 is 3.13 bits per heavy atom. The van der Waals surface area contributed by atoms with E-state index in [4.69, 9.17) is 4.74 Å². The molecular weight excluding hydrogens is 186 g/mol. The van der Waals surface area contributed by atoms with Crippen molar-refractivity contribution in [1.29, 1.82) is 0 Å². The second-order valence-electron chi connectivity index (χ2n) is 4.97. The topological polar surface area (TPSA) is 21.3 Å². The fourth-order valence-corrected chi connectivity index (χ4v) is 3.10. The van der Waals surface area contributed by atoms with Crippen molar-refractivity contribution in [3.05, 3.63) is 29.3 Å². The highest BCUT2D eigenvalue weighted by Gasteiger charge is 2.42. The summed E-state index contributed by atoms with van der Waals surface area (Å²) in [5, 5.41) is 3.59. The van der Waals surface area contributed by atoms with Gasteiger partial charge in [0.1, 0.15) is 5.75 Å². The summed E-state index contributed by atoms with van der Waals surface area (Å²) in [7, 11) is 1.74. The Hall–Kier alpha value is -1.02. The molecule has 0 spiro atoms. The summed E-state index contributed by atoms with van der Waals surface area (Å²) in [6, 6.07) is 7.10. The Balaban J connectivity index is 2.15. The number of methoxy groups -OCH3 is 1. The van der Waals surface area contributed by atoms with E-state index in [9.17, 15) is 0 Å². The second-order valence-corrected chi connectivity index (χ2v) is 4.97. The molecule has 80 valence electrons. The van der Waals surface area contributed by atoms with E-state index in [1.165, 1.54) is 24.0 Å². The van der Waals surface area contributed by atoms with E-state index in [0.29, 0.717) is 11.5 Å². The fraction of sp³-hybridized carbons (Fsp3) is 0.538. The normalized spacial score (nSPS) is 32.5. The van der Waals surface area contributed by atoms with Crippen LogP contribution in [0.2, 0.25) is 0 Å². The summed E-state index contributed by atoms with van der Waals surface area (Å²) in [6.45, 7) is 3.52. The number of piperidine rings is 1. The summed E-state index contributed by atoms with van der Waals surface area (Å²) in [5.74, 6) is 0.988. The van der Waals surface area contributed by atoms with Gasteiger partial charge in [-0.3, -0.25) is 0 Å². The van der Waals surface area contributed by atoms with Crippen LogP contribution in [0.5, 0.6) is 5.75 Å². The Labute approximate surface area is 90.6 Å². The molecule has 2 unspecified atom stereocenters. The minimum atomic E-state index is 0.375. The number of ether oxygens (including phenoxy) is 1. The Morgan fingerprint density at radius 1 is 1.47 bits per heavy atom. The third-order valence-corrected chi connectivity index (χ3v) is 4.01. The molecule has 1 aliphatic carbocycles. The minimum absolute atomic E-state index is 0.375. The van der Waals surface area contributed by atoms with Gasteiger partial charge in [-0.05, 0) is 48.1 Å². The smallest absolute Gasteiger partial charge is 0.119 e. The lowest BCUT2D eigenvalue weighted by Gasteiger charge is -2.30. The van der Waals surface area contributed by atoms with Crippen LogP contribution in [0.25, 0.3) is 0 Å². The van der Waals surface area contributed by atoms with Crippen molar-refractivity contribution in [2.24, 2.45) is 0 Å². The predicted octanol–water partition coefficient (Wildman–Crippen LogP) is 2.39. The highest BCUT2D eigenvalue weighted by atomic mass is 16.5. The zero-order chi connectivity index (χ0) is 10.5. The molecule has 15 heavy (non-hydrogen) atoms. The van der Waals surface area contributed by atoms with Crippen molar-refractivity contribution in [2.75, 3.05) is 13.7 Å². The van der Waals surface area contributed by atoms with Crippen LogP contribution in [0.1, 0.15) is 36.9 Å². The SMILES string of the molecule is COc1ccc2c(c1)C1(C)CCNC2C1. The average molecular weight is 203 g/mol. The van der Waals surface area contributed by atoms with Crippen LogP contribution >= 0.6 is 0 Å². The van der Waals surface area contributed by atoms with Crippen molar-refractivity contribution in [3.63, 3.8) is 0 Å². The van der Waals surface area contributed by atoms with E-state index in [-0.39, 0.29) is 0 Å². The van der Waals surface area contributed by atoms with Gasteiger partial charge >= 0.3 is 0 Å². The monoisotopic (exact) mass is 203 g/mol. The largest absolute Gasteiger partial charge is 0.497 e. The lowest BCUT2D eigenvalue weighted by molar-refractivity contribution is 0.312. The number of hydrogen-bond acceptors (Lipinski definition) is 2. The number of benzene rings is 1. The van der Waals surface area contributed by atoms with Crippen LogP contribution in [0, 0.1) is 0 Å². The molecule has 1 heterocycles. The van der Waals surface area contributed by atoms with Gasteiger partial charge in [0.05, 0.1) is 7.11 Å². The molecule has 1 aromatic carbocycles. The average Bonchev–Trinajstić information content (AvgIpc) is 2.46. The third kappa shape index (κ3) is 1.21. The molecular formula is C13H17NO. The molecule has 1 saturated heterocycles. The number of rotatable bonds is 1. The fourth-order valence-electron chi connectivity index (χ4n) is 3.10. The zero-order valence-corrected chi connectivity index (χ0v) is 9.34. The maximum absolute atomic E-state index is 5.31. The van der Waals surface area contributed by atoms with E-state index < -0.39 is 0 Å². The van der Waals surface area contributed by atoms with Crippen molar-refractivity contribution < 1.29 is 4.74 Å². The quantitative estimate of drug-likeness (QED) is 0.756. The van der Waals surface area contributed by atoms with Crippen LogP contribution in [-0.4, -0.2) is 13.7 Å². The third-order valence-electron chi connectivity index (χ3n) is 4.01. The molecule has 1 aromatic rings. The van der Waals surface area contributed by atoms with E-state index >= 15 is 0 Å². The van der Waals surface area contributed by atoms with Crippen molar-refractivity contribution >= 4 is 0 Å². The molecule has 0 radical (unpaired) electrons. The van der Waals surface area contributed by atoms with Gasteiger partial charge in [0.2, 0.25) is 0 Å². The molecule has 0 aromatic heterocycles. The first-order valence-electron chi connectivity index (χ1n) is 5.65. The summed E-state index contributed by atoms with van der Waals surface area (Å²) < 4.78 is 5.31. The maximum atomic E-state index is 5.31. The zero-order valence-electron chi connectivity index (χ0n) is 9.34. The lowest BCUT2D eigenvalue weighted by Crippen LogP contribution is -2.33. The van der Waals surface area contributed by atoms with Crippen molar-refractivity contribution in [1.82, 2.24) is 5.32 Å². The molecule has 2 nitrogen and oxygen atoms in total. The molecule has 2 bridgehead atoms. The van der Waals surface area contributed by atoms with Gasteiger partial charge in [0, 0.05) is 6.04 Å². The molecule has 2 aliphatic rings. The van der Waals surface area contributed by atoms with E-state index in [0.717, 1.165) is 12.3 Å². The first-order valence-corrected chi connectivity index (χ1v) is 5.65. The first-order chi connectivity index (χ1) is 7.23. The molecule has 0 saturated carbocycles. The molecule has 1 aliphatic heterocycles. The second kappa shape index (κ2) is 2.99. The van der Waals surface area contributed by atoms with E-state index in [2.05, 4.69) is 30.4 Å². The van der Waals surface area contributed by atoms with Gasteiger partial charge in [0.25, 0.3) is 0 Å².